The number of thiophene rings is 1. The van der Waals surface area contributed by atoms with Crippen LogP contribution < -0.4 is 19.8 Å². The van der Waals surface area contributed by atoms with Crippen LogP contribution in [-0.2, 0) is 12.8 Å². The van der Waals surface area contributed by atoms with Gasteiger partial charge in [-0.25, -0.2) is 4.98 Å². The minimum Gasteiger partial charge on any atom is -0.493 e. The van der Waals surface area contributed by atoms with Gasteiger partial charge in [-0.3, -0.25) is 4.79 Å². The van der Waals surface area contributed by atoms with Crippen molar-refractivity contribution in [3.05, 3.63) is 68.3 Å². The number of aromatic nitrogens is 2. The zero-order valence-corrected chi connectivity index (χ0v) is 20.5. The monoisotopic (exact) mass is 476 g/mol. The largest absolute Gasteiger partial charge is 0.493 e. The van der Waals surface area contributed by atoms with Gasteiger partial charge < -0.3 is 19.2 Å². The lowest BCUT2D eigenvalue weighted by Crippen LogP contribution is -2.11. The number of nitrogens with one attached hydrogen (secondary N) is 1. The first-order valence-corrected chi connectivity index (χ1v) is 12.4. The van der Waals surface area contributed by atoms with E-state index in [9.17, 15) is 4.79 Å². The van der Waals surface area contributed by atoms with Crippen molar-refractivity contribution in [2.24, 2.45) is 0 Å². The second-order valence-corrected chi connectivity index (χ2v) is 9.70. The quantitative estimate of drug-likeness (QED) is 0.351. The molecule has 0 aliphatic heterocycles. The Morgan fingerprint density at radius 3 is 2.62 bits per heavy atom. The third kappa shape index (κ3) is 4.40. The summed E-state index contributed by atoms with van der Waals surface area (Å²) < 4.78 is 17.3. The summed E-state index contributed by atoms with van der Waals surface area (Å²) in [7, 11) is 1.60. The third-order valence-corrected chi connectivity index (χ3v) is 7.54. The van der Waals surface area contributed by atoms with Crippen LogP contribution in [0.25, 0.3) is 21.6 Å². The van der Waals surface area contributed by atoms with Crippen LogP contribution in [0.1, 0.15) is 34.4 Å². The van der Waals surface area contributed by atoms with Crippen molar-refractivity contribution >= 4 is 21.6 Å². The van der Waals surface area contributed by atoms with Crippen molar-refractivity contribution in [2.45, 2.75) is 39.5 Å². The average Bonchev–Trinajstić information content (AvgIpc) is 3.23. The molecule has 2 aromatic heterocycles. The minimum atomic E-state index is -0.0674. The number of fused-ring (bicyclic) bond motifs is 3. The fourth-order valence-corrected chi connectivity index (χ4v) is 5.61. The summed E-state index contributed by atoms with van der Waals surface area (Å²) in [5, 5.41) is 0.763. The highest BCUT2D eigenvalue weighted by atomic mass is 32.1. The molecule has 0 saturated heterocycles. The molecule has 0 atom stereocenters. The third-order valence-electron chi connectivity index (χ3n) is 6.35. The Bertz CT molecular complexity index is 1410. The van der Waals surface area contributed by atoms with E-state index in [4.69, 9.17) is 19.2 Å². The molecule has 7 heteroatoms. The number of aromatic amines is 1. The van der Waals surface area contributed by atoms with Crippen molar-refractivity contribution in [2.75, 3.05) is 20.3 Å². The number of nitrogens with zero attached hydrogens (tertiary/aromatic N) is 1. The smallest absolute Gasteiger partial charge is 0.260 e. The van der Waals surface area contributed by atoms with Crippen LogP contribution in [0.3, 0.4) is 0 Å². The number of hydrogen-bond donors (Lipinski definition) is 1. The van der Waals surface area contributed by atoms with Gasteiger partial charge in [0.25, 0.3) is 5.56 Å². The summed E-state index contributed by atoms with van der Waals surface area (Å²) in [5.74, 6) is 2.57. The van der Waals surface area contributed by atoms with Crippen molar-refractivity contribution in [1.29, 1.82) is 0 Å². The second-order valence-electron chi connectivity index (χ2n) is 8.61. The molecular formula is C27H28N2O4S. The summed E-state index contributed by atoms with van der Waals surface area (Å²) in [5.41, 5.74) is 4.34. The molecule has 1 N–H and O–H groups in total. The molecule has 34 heavy (non-hydrogen) atoms. The summed E-state index contributed by atoms with van der Waals surface area (Å²) >= 11 is 1.65. The summed E-state index contributed by atoms with van der Waals surface area (Å²) in [6.45, 7) is 4.94. The Morgan fingerprint density at radius 2 is 1.79 bits per heavy atom. The highest BCUT2D eigenvalue weighted by molar-refractivity contribution is 7.18. The van der Waals surface area contributed by atoms with Gasteiger partial charge in [0.15, 0.2) is 11.5 Å². The van der Waals surface area contributed by atoms with Gasteiger partial charge in [0, 0.05) is 10.4 Å². The maximum atomic E-state index is 12.9. The first-order valence-electron chi connectivity index (χ1n) is 11.6. The Balaban J connectivity index is 1.32. The molecule has 0 amide bonds. The standard InChI is InChI=1S/C27H28N2O4S/c1-16-8-10-19(14-17(16)2)32-12-13-33-21-11-9-18(15-22(21)31-3)25-28-26(30)24-20-6-4-5-7-23(20)34-27(24)29-25/h8-11,14-15H,4-7,12-13H2,1-3H3,(H,28,29,30). The molecule has 176 valence electrons. The predicted octanol–water partition coefficient (Wildman–Crippen LogP) is 5.61. The molecular weight excluding hydrogens is 448 g/mol. The maximum absolute atomic E-state index is 12.9. The van der Waals surface area contributed by atoms with E-state index in [0.29, 0.717) is 30.5 Å². The van der Waals surface area contributed by atoms with Gasteiger partial charge in [-0.2, -0.15) is 0 Å². The molecule has 6 nitrogen and oxygen atoms in total. The van der Waals surface area contributed by atoms with E-state index < -0.39 is 0 Å². The molecule has 5 rings (SSSR count). The summed E-state index contributed by atoms with van der Waals surface area (Å²) in [4.78, 5) is 22.8. The lowest BCUT2D eigenvalue weighted by atomic mass is 9.97. The van der Waals surface area contributed by atoms with Crippen LogP contribution >= 0.6 is 11.3 Å². The Kier molecular flexibility index (Phi) is 6.28. The Hall–Kier alpha value is -3.32. The van der Waals surface area contributed by atoms with Crippen LogP contribution in [0, 0.1) is 13.8 Å². The fourth-order valence-electron chi connectivity index (χ4n) is 4.35. The van der Waals surface area contributed by atoms with Crippen LogP contribution in [0.5, 0.6) is 17.2 Å². The van der Waals surface area contributed by atoms with E-state index in [1.165, 1.54) is 28.0 Å². The number of rotatable bonds is 7. The lowest BCUT2D eigenvalue weighted by molar-refractivity contribution is 0.211. The van der Waals surface area contributed by atoms with E-state index in [1.807, 2.05) is 30.3 Å². The number of H-pyrrole nitrogens is 1. The number of methoxy groups -OCH3 is 1. The topological polar surface area (TPSA) is 73.4 Å². The molecule has 0 unspecified atom stereocenters. The van der Waals surface area contributed by atoms with E-state index in [1.54, 1.807) is 18.4 Å². The van der Waals surface area contributed by atoms with E-state index >= 15 is 0 Å². The summed E-state index contributed by atoms with van der Waals surface area (Å²) in [6, 6.07) is 11.6. The van der Waals surface area contributed by atoms with Crippen LogP contribution in [0.2, 0.25) is 0 Å². The van der Waals surface area contributed by atoms with Gasteiger partial charge in [-0.15, -0.1) is 11.3 Å². The Labute approximate surface area is 202 Å². The molecule has 0 spiro atoms. The highest BCUT2D eigenvalue weighted by Gasteiger charge is 2.20. The first-order chi connectivity index (χ1) is 16.5. The van der Waals surface area contributed by atoms with Gasteiger partial charge in [-0.1, -0.05) is 6.07 Å². The van der Waals surface area contributed by atoms with E-state index in [2.05, 4.69) is 24.9 Å². The number of benzene rings is 2. The van der Waals surface area contributed by atoms with Gasteiger partial charge in [0.1, 0.15) is 29.6 Å². The van der Waals surface area contributed by atoms with Crippen LogP contribution in [0.15, 0.2) is 41.2 Å². The van der Waals surface area contributed by atoms with Gasteiger partial charge in [-0.05, 0) is 86.6 Å². The zero-order valence-electron chi connectivity index (χ0n) is 19.7. The zero-order chi connectivity index (χ0) is 23.7. The fraction of sp³-hybridized carbons (Fsp3) is 0.333. The average molecular weight is 477 g/mol. The molecule has 2 heterocycles. The van der Waals surface area contributed by atoms with E-state index in [-0.39, 0.29) is 5.56 Å². The molecule has 0 radical (unpaired) electrons. The normalized spacial score (nSPS) is 13.0. The molecule has 0 saturated carbocycles. The molecule has 1 aliphatic rings. The number of aryl methyl sites for hydroxylation is 4. The van der Waals surface area contributed by atoms with E-state index in [0.717, 1.165) is 40.8 Å². The van der Waals surface area contributed by atoms with Crippen LogP contribution in [0.4, 0.5) is 0 Å². The van der Waals surface area contributed by atoms with Crippen molar-refractivity contribution in [3.63, 3.8) is 0 Å². The van der Waals surface area contributed by atoms with Gasteiger partial charge in [0.05, 0.1) is 12.5 Å². The molecule has 0 fully saturated rings. The number of hydrogen-bond acceptors (Lipinski definition) is 6. The second kappa shape index (κ2) is 9.50. The SMILES string of the molecule is COc1cc(-c2nc3sc4c(c3c(=O)[nH]2)CCCC4)ccc1OCCOc1ccc(C)c(C)c1. The van der Waals surface area contributed by atoms with Crippen molar-refractivity contribution < 1.29 is 14.2 Å². The van der Waals surface area contributed by atoms with Gasteiger partial charge in [0.2, 0.25) is 0 Å². The Morgan fingerprint density at radius 1 is 0.971 bits per heavy atom. The number of ether oxygens (including phenoxy) is 3. The molecule has 1 aliphatic carbocycles. The highest BCUT2D eigenvalue weighted by Crippen LogP contribution is 2.35. The van der Waals surface area contributed by atoms with Crippen molar-refractivity contribution in [1.82, 2.24) is 9.97 Å². The summed E-state index contributed by atoms with van der Waals surface area (Å²) in [6.07, 6.45) is 4.32. The molecule has 0 bridgehead atoms. The maximum Gasteiger partial charge on any atom is 0.260 e. The predicted molar refractivity (Wildman–Crippen MR) is 136 cm³/mol. The van der Waals surface area contributed by atoms with Gasteiger partial charge >= 0.3 is 0 Å². The lowest BCUT2D eigenvalue weighted by Gasteiger charge is -2.13. The minimum absolute atomic E-state index is 0.0674. The first kappa shape index (κ1) is 22.5. The molecule has 4 aromatic rings. The van der Waals surface area contributed by atoms with Crippen LogP contribution in [-0.4, -0.2) is 30.3 Å². The molecule has 2 aromatic carbocycles. The van der Waals surface area contributed by atoms with Crippen molar-refractivity contribution in [3.8, 4) is 28.6 Å².